The molecule has 2 N–H and O–H groups in total. The molecule has 1 fully saturated rings. The van der Waals surface area contributed by atoms with E-state index in [0.717, 1.165) is 29.8 Å². The number of hydrogen-bond acceptors (Lipinski definition) is 6. The highest BCUT2D eigenvalue weighted by Gasteiger charge is 2.27. The van der Waals surface area contributed by atoms with Crippen LogP contribution in [0.25, 0.3) is 0 Å². The molecule has 0 radical (unpaired) electrons. The molecular weight excluding hydrogens is 533 g/mol. The van der Waals surface area contributed by atoms with Crippen LogP contribution in [0.1, 0.15) is 11.1 Å². The second kappa shape index (κ2) is 12.1. The molecule has 3 aromatic carbocycles. The van der Waals surface area contributed by atoms with Gasteiger partial charge in [-0.15, -0.1) is 0 Å². The van der Waals surface area contributed by atoms with Crippen LogP contribution < -0.4 is 10.0 Å². The fourth-order valence-corrected chi connectivity index (χ4v) is 6.54. The van der Waals surface area contributed by atoms with Crippen molar-refractivity contribution in [3.63, 3.8) is 0 Å². The van der Waals surface area contributed by atoms with Crippen molar-refractivity contribution in [1.82, 2.24) is 14.3 Å². The van der Waals surface area contributed by atoms with Gasteiger partial charge in [-0.25, -0.2) is 21.2 Å². The van der Waals surface area contributed by atoms with Gasteiger partial charge in [0.25, 0.3) is 0 Å². The molecule has 0 spiro atoms. The highest BCUT2D eigenvalue weighted by atomic mass is 32.2. The molecule has 202 valence electrons. The van der Waals surface area contributed by atoms with Crippen LogP contribution in [-0.4, -0.2) is 59.4 Å². The van der Waals surface area contributed by atoms with Crippen molar-refractivity contribution < 1.29 is 30.8 Å². The van der Waals surface area contributed by atoms with Crippen LogP contribution in [0.5, 0.6) is 0 Å². The summed E-state index contributed by atoms with van der Waals surface area (Å²) in [4.78, 5) is 13.1. The van der Waals surface area contributed by atoms with Gasteiger partial charge >= 0.3 is 0 Å². The van der Waals surface area contributed by atoms with E-state index in [0.29, 0.717) is 18.8 Å². The van der Waals surface area contributed by atoms with Crippen LogP contribution in [0.3, 0.4) is 0 Å². The Morgan fingerprint density at radius 2 is 1.45 bits per heavy atom. The summed E-state index contributed by atoms with van der Waals surface area (Å²) in [6, 6.07) is 18.3. The monoisotopic (exact) mass is 561 g/mol. The number of ether oxygens (including phenoxy) is 1. The number of amides is 1. The second-order valence-corrected chi connectivity index (χ2v) is 12.3. The van der Waals surface area contributed by atoms with Crippen LogP contribution >= 0.6 is 0 Å². The van der Waals surface area contributed by atoms with Crippen molar-refractivity contribution in [3.05, 3.63) is 95.8 Å². The Hall–Kier alpha value is -3.16. The molecule has 0 unspecified atom stereocenters. The van der Waals surface area contributed by atoms with Gasteiger partial charge in [0.2, 0.25) is 26.0 Å². The van der Waals surface area contributed by atoms with Gasteiger partial charge in [0, 0.05) is 19.6 Å². The highest BCUT2D eigenvalue weighted by molar-refractivity contribution is 7.89. The summed E-state index contributed by atoms with van der Waals surface area (Å²) in [5, 5.41) is 2.72. The lowest BCUT2D eigenvalue weighted by Crippen LogP contribution is -2.47. The van der Waals surface area contributed by atoms with Gasteiger partial charge in [-0.1, -0.05) is 42.5 Å². The number of hydrogen-bond donors (Lipinski definition) is 2. The van der Waals surface area contributed by atoms with E-state index < -0.39 is 37.8 Å². The minimum Gasteiger partial charge on any atom is -0.379 e. The number of nitrogens with one attached hydrogen (secondary N) is 2. The largest absolute Gasteiger partial charge is 0.379 e. The van der Waals surface area contributed by atoms with Crippen molar-refractivity contribution in [2.75, 3.05) is 26.3 Å². The minimum absolute atomic E-state index is 0.0558. The van der Waals surface area contributed by atoms with E-state index in [4.69, 9.17) is 4.74 Å². The third-order valence-corrected chi connectivity index (χ3v) is 9.42. The maximum atomic E-state index is 13.3. The van der Waals surface area contributed by atoms with Gasteiger partial charge in [0.1, 0.15) is 11.9 Å². The number of halogens is 1. The zero-order chi connectivity index (χ0) is 27.2. The Labute approximate surface area is 221 Å². The van der Waals surface area contributed by atoms with Crippen LogP contribution in [-0.2, 0) is 42.5 Å². The van der Waals surface area contributed by atoms with E-state index in [-0.39, 0.29) is 35.8 Å². The molecule has 3 aromatic rings. The molecular formula is C26H28FN3O6S2. The topological polar surface area (TPSA) is 122 Å². The number of nitrogens with zero attached hydrogens (tertiary/aromatic N) is 1. The molecule has 38 heavy (non-hydrogen) atoms. The Bertz CT molecular complexity index is 1440. The quantitative estimate of drug-likeness (QED) is 0.391. The van der Waals surface area contributed by atoms with Gasteiger partial charge in [-0.2, -0.15) is 9.03 Å². The summed E-state index contributed by atoms with van der Waals surface area (Å²) in [7, 11) is -7.76. The average molecular weight is 562 g/mol. The van der Waals surface area contributed by atoms with Crippen molar-refractivity contribution in [3.8, 4) is 0 Å². The molecule has 1 heterocycles. The number of carbonyl (C=O) groups excluding carboxylic acids is 1. The Morgan fingerprint density at radius 1 is 0.842 bits per heavy atom. The Balaban J connectivity index is 1.45. The average Bonchev–Trinajstić information content (AvgIpc) is 2.93. The molecule has 1 aliphatic rings. The SMILES string of the molecule is O=C(NCc1ccc(S(=O)(=O)N2CCOCC2)cc1)[C@H](Cc1ccccc1)NS(=O)(=O)c1ccc(F)cc1. The third-order valence-electron chi connectivity index (χ3n) is 6.02. The van der Waals surface area contributed by atoms with Crippen LogP contribution in [0.2, 0.25) is 0 Å². The number of sulfonamides is 2. The predicted octanol–water partition coefficient (Wildman–Crippen LogP) is 2.05. The number of morpholine rings is 1. The lowest BCUT2D eigenvalue weighted by Gasteiger charge is -2.26. The normalized spacial score (nSPS) is 15.6. The summed E-state index contributed by atoms with van der Waals surface area (Å²) in [6.07, 6.45) is 0.0871. The van der Waals surface area contributed by atoms with E-state index in [2.05, 4.69) is 10.0 Å². The Kier molecular flexibility index (Phi) is 8.90. The number of rotatable bonds is 10. The lowest BCUT2D eigenvalue weighted by atomic mass is 10.1. The van der Waals surface area contributed by atoms with Gasteiger partial charge in [0.15, 0.2) is 0 Å². The molecule has 12 heteroatoms. The molecule has 0 aliphatic carbocycles. The summed E-state index contributed by atoms with van der Waals surface area (Å²) in [5.41, 5.74) is 1.38. The zero-order valence-electron chi connectivity index (χ0n) is 20.4. The summed E-state index contributed by atoms with van der Waals surface area (Å²) < 4.78 is 73.7. The standard InChI is InChI=1S/C26H28FN3O6S2/c27-22-8-12-23(13-9-22)37(32,33)29-25(18-20-4-2-1-3-5-20)26(31)28-19-21-6-10-24(11-7-21)38(34,35)30-14-16-36-17-15-30/h1-13,25,29H,14-19H2,(H,28,31)/t25-/m0/s1. The zero-order valence-corrected chi connectivity index (χ0v) is 22.0. The van der Waals surface area contributed by atoms with Crippen LogP contribution in [0.15, 0.2) is 88.7 Å². The van der Waals surface area contributed by atoms with Gasteiger partial charge < -0.3 is 10.1 Å². The van der Waals surface area contributed by atoms with Gasteiger partial charge in [-0.05, 0) is 53.9 Å². The Morgan fingerprint density at radius 3 is 2.08 bits per heavy atom. The second-order valence-electron chi connectivity index (χ2n) is 8.70. The molecule has 4 rings (SSSR count). The van der Waals surface area contributed by atoms with Crippen molar-refractivity contribution in [2.45, 2.75) is 28.8 Å². The fraction of sp³-hybridized carbons (Fsp3) is 0.269. The van der Waals surface area contributed by atoms with E-state index in [1.165, 1.54) is 16.4 Å². The van der Waals surface area contributed by atoms with E-state index in [9.17, 15) is 26.0 Å². The van der Waals surface area contributed by atoms with Crippen molar-refractivity contribution in [1.29, 1.82) is 0 Å². The summed E-state index contributed by atoms with van der Waals surface area (Å²) in [5.74, 6) is -1.14. The first-order valence-electron chi connectivity index (χ1n) is 11.9. The first-order chi connectivity index (χ1) is 18.1. The maximum absolute atomic E-state index is 13.3. The van der Waals surface area contributed by atoms with E-state index in [1.807, 2.05) is 6.07 Å². The van der Waals surface area contributed by atoms with Crippen molar-refractivity contribution in [2.24, 2.45) is 0 Å². The predicted molar refractivity (Wildman–Crippen MR) is 139 cm³/mol. The van der Waals surface area contributed by atoms with Crippen LogP contribution in [0.4, 0.5) is 4.39 Å². The van der Waals surface area contributed by atoms with E-state index in [1.54, 1.807) is 36.4 Å². The molecule has 0 saturated carbocycles. The molecule has 0 bridgehead atoms. The number of carbonyl (C=O) groups is 1. The molecule has 1 atom stereocenters. The summed E-state index contributed by atoms with van der Waals surface area (Å²) >= 11 is 0. The lowest BCUT2D eigenvalue weighted by molar-refractivity contribution is -0.122. The van der Waals surface area contributed by atoms with Crippen molar-refractivity contribution >= 4 is 26.0 Å². The smallest absolute Gasteiger partial charge is 0.243 e. The highest BCUT2D eigenvalue weighted by Crippen LogP contribution is 2.18. The minimum atomic E-state index is -4.11. The molecule has 1 aliphatic heterocycles. The molecule has 1 saturated heterocycles. The first kappa shape index (κ1) is 27.9. The van der Waals surface area contributed by atoms with Crippen LogP contribution in [0, 0.1) is 5.82 Å². The first-order valence-corrected chi connectivity index (χ1v) is 14.8. The molecule has 1 amide bonds. The maximum Gasteiger partial charge on any atom is 0.243 e. The third kappa shape index (κ3) is 7.03. The molecule has 0 aromatic heterocycles. The van der Waals surface area contributed by atoms with E-state index >= 15 is 0 Å². The van der Waals surface area contributed by atoms with Gasteiger partial charge in [0.05, 0.1) is 23.0 Å². The fourth-order valence-electron chi connectivity index (χ4n) is 3.93. The molecule has 9 nitrogen and oxygen atoms in total. The van der Waals surface area contributed by atoms with Gasteiger partial charge in [-0.3, -0.25) is 4.79 Å². The number of benzene rings is 3. The summed E-state index contributed by atoms with van der Waals surface area (Å²) in [6.45, 7) is 1.32.